The summed E-state index contributed by atoms with van der Waals surface area (Å²) >= 11 is 0. The molecule has 48 valence electrons. The van der Waals surface area contributed by atoms with Gasteiger partial charge < -0.3 is 20.4 Å². The van der Waals surface area contributed by atoms with Gasteiger partial charge in [0.15, 0.2) is 0 Å². The van der Waals surface area contributed by atoms with Crippen LogP contribution in [0.4, 0.5) is 0 Å². The van der Waals surface area contributed by atoms with Crippen molar-refractivity contribution in [1.82, 2.24) is 0 Å². The zero-order valence-corrected chi connectivity index (χ0v) is 3.61. The largest absolute Gasteiger partial charge is 0.394 e. The molecule has 1 rings (SSSR count). The lowest BCUT2D eigenvalue weighted by Gasteiger charge is -2.39. The summed E-state index contributed by atoms with van der Waals surface area (Å²) in [4.78, 5) is 6.89. The minimum atomic E-state index is -2.99. The molecule has 8 heavy (non-hydrogen) atoms. The van der Waals surface area contributed by atoms with Crippen LogP contribution in [0.3, 0.4) is 0 Å². The molecule has 6 nitrogen and oxygen atoms in total. The third-order valence-corrected chi connectivity index (χ3v) is 0.698. The third-order valence-electron chi connectivity index (χ3n) is 0.698. The molecule has 0 radical (unpaired) electrons. The van der Waals surface area contributed by atoms with Gasteiger partial charge in [-0.1, -0.05) is 0 Å². The van der Waals surface area contributed by atoms with E-state index in [0.29, 0.717) is 0 Å². The summed E-state index contributed by atoms with van der Waals surface area (Å²) in [5.74, 6) is -5.99. The Kier molecular flexibility index (Phi) is 0.872. The van der Waals surface area contributed by atoms with Crippen LogP contribution in [0, 0.1) is 0 Å². The average Bonchev–Trinajstić information content (AvgIpc) is 1.64. The Bertz CT molecular complexity index is 91.1. The minimum absolute atomic E-state index is 2.99. The second kappa shape index (κ2) is 1.18. The van der Waals surface area contributed by atoms with Crippen molar-refractivity contribution in [2.75, 3.05) is 0 Å². The molecule has 0 saturated carbocycles. The van der Waals surface area contributed by atoms with E-state index in [9.17, 15) is 0 Å². The van der Waals surface area contributed by atoms with Crippen molar-refractivity contribution in [1.29, 1.82) is 0 Å². The van der Waals surface area contributed by atoms with Gasteiger partial charge in [-0.2, -0.15) is 9.78 Å². The Labute approximate surface area is 43.4 Å². The molecule has 0 amide bonds. The monoisotopic (exact) mass is 124 g/mol. The normalized spacial score (nSPS) is 31.5. The molecule has 4 N–H and O–H groups in total. The summed E-state index contributed by atoms with van der Waals surface area (Å²) in [6, 6.07) is 0. The van der Waals surface area contributed by atoms with Crippen LogP contribution in [0.1, 0.15) is 0 Å². The van der Waals surface area contributed by atoms with E-state index in [1.807, 2.05) is 0 Å². The van der Waals surface area contributed by atoms with Crippen LogP contribution in [-0.4, -0.2) is 32.4 Å². The fourth-order valence-electron chi connectivity index (χ4n) is 0.191. The van der Waals surface area contributed by atoms with E-state index in [0.717, 1.165) is 0 Å². The van der Waals surface area contributed by atoms with Crippen LogP contribution >= 0.6 is 0 Å². The van der Waals surface area contributed by atoms with Gasteiger partial charge >= 0.3 is 11.9 Å². The molecular weight excluding hydrogens is 120 g/mol. The maximum Gasteiger partial charge on any atom is 0.394 e. The molecule has 0 spiro atoms. The van der Waals surface area contributed by atoms with Gasteiger partial charge in [-0.3, -0.25) is 0 Å². The Balaban J connectivity index is 2.63. The summed E-state index contributed by atoms with van der Waals surface area (Å²) in [6.45, 7) is 0. The van der Waals surface area contributed by atoms with E-state index in [1.165, 1.54) is 0 Å². The first-order valence-corrected chi connectivity index (χ1v) is 1.72. The molecular formula is C2H4O6. The second-order valence-electron chi connectivity index (χ2n) is 1.38. The van der Waals surface area contributed by atoms with E-state index in [-0.39, 0.29) is 0 Å². The Hall–Kier alpha value is -0.240. The van der Waals surface area contributed by atoms with Crippen molar-refractivity contribution in [3.63, 3.8) is 0 Å². The Morgan fingerprint density at radius 1 is 0.750 bits per heavy atom. The Morgan fingerprint density at radius 2 is 1.00 bits per heavy atom. The van der Waals surface area contributed by atoms with Crippen molar-refractivity contribution in [2.45, 2.75) is 11.9 Å². The molecule has 0 aliphatic carbocycles. The number of aliphatic hydroxyl groups is 4. The highest BCUT2D eigenvalue weighted by Crippen LogP contribution is 2.30. The topological polar surface area (TPSA) is 99.4 Å². The van der Waals surface area contributed by atoms with E-state index >= 15 is 0 Å². The fourth-order valence-corrected chi connectivity index (χ4v) is 0.191. The maximum atomic E-state index is 8.15. The summed E-state index contributed by atoms with van der Waals surface area (Å²) in [7, 11) is 0. The summed E-state index contributed by atoms with van der Waals surface area (Å²) < 4.78 is 0. The van der Waals surface area contributed by atoms with Crippen LogP contribution in [-0.2, 0) is 9.78 Å². The molecule has 0 aromatic carbocycles. The first-order chi connectivity index (χ1) is 3.46. The van der Waals surface area contributed by atoms with Crippen molar-refractivity contribution in [3.8, 4) is 0 Å². The third kappa shape index (κ3) is 0.525. The van der Waals surface area contributed by atoms with Crippen LogP contribution in [0.5, 0.6) is 0 Å². The predicted molar refractivity (Wildman–Crippen MR) is 16.5 cm³/mol. The van der Waals surface area contributed by atoms with Crippen molar-refractivity contribution in [2.24, 2.45) is 0 Å². The van der Waals surface area contributed by atoms with E-state index < -0.39 is 11.9 Å². The van der Waals surface area contributed by atoms with Gasteiger partial charge in [-0.25, -0.2) is 0 Å². The molecule has 6 heteroatoms. The molecule has 0 atom stereocenters. The quantitative estimate of drug-likeness (QED) is 0.206. The summed E-state index contributed by atoms with van der Waals surface area (Å²) in [6.07, 6.45) is 0. The van der Waals surface area contributed by atoms with Gasteiger partial charge in [0.1, 0.15) is 0 Å². The van der Waals surface area contributed by atoms with Gasteiger partial charge in [0, 0.05) is 0 Å². The van der Waals surface area contributed by atoms with Gasteiger partial charge in [0.05, 0.1) is 0 Å². The number of hydrogen-bond donors (Lipinski definition) is 4. The van der Waals surface area contributed by atoms with Crippen LogP contribution in [0.15, 0.2) is 0 Å². The molecule has 1 saturated heterocycles. The molecule has 0 aromatic heterocycles. The van der Waals surface area contributed by atoms with Crippen molar-refractivity contribution in [3.05, 3.63) is 0 Å². The summed E-state index contributed by atoms with van der Waals surface area (Å²) in [5.41, 5.74) is 0. The van der Waals surface area contributed by atoms with Crippen LogP contribution in [0.2, 0.25) is 0 Å². The molecule has 0 aromatic rings. The van der Waals surface area contributed by atoms with Gasteiger partial charge in [0.25, 0.3) is 0 Å². The van der Waals surface area contributed by atoms with Gasteiger partial charge in [0.2, 0.25) is 0 Å². The molecule has 1 aliphatic heterocycles. The summed E-state index contributed by atoms with van der Waals surface area (Å²) in [5, 5.41) is 32.6. The van der Waals surface area contributed by atoms with Gasteiger partial charge in [-0.05, 0) is 0 Å². The second-order valence-corrected chi connectivity index (χ2v) is 1.38. The zero-order valence-electron chi connectivity index (χ0n) is 3.61. The predicted octanol–water partition coefficient (Wildman–Crippen LogP) is -2.78. The fraction of sp³-hybridized carbons (Fsp3) is 1.00. The van der Waals surface area contributed by atoms with E-state index in [4.69, 9.17) is 20.4 Å². The van der Waals surface area contributed by atoms with E-state index in [1.54, 1.807) is 0 Å². The lowest BCUT2D eigenvalue weighted by atomic mass is 10.4. The highest BCUT2D eigenvalue weighted by Gasteiger charge is 2.63. The molecule has 1 heterocycles. The van der Waals surface area contributed by atoms with Crippen LogP contribution in [0.25, 0.3) is 0 Å². The van der Waals surface area contributed by atoms with Crippen molar-refractivity contribution >= 4 is 0 Å². The number of hydrogen-bond acceptors (Lipinski definition) is 6. The maximum absolute atomic E-state index is 8.15. The average molecular weight is 124 g/mol. The van der Waals surface area contributed by atoms with Crippen LogP contribution < -0.4 is 0 Å². The van der Waals surface area contributed by atoms with E-state index in [2.05, 4.69) is 9.78 Å². The minimum Gasteiger partial charge on any atom is -0.335 e. The lowest BCUT2D eigenvalue weighted by molar-refractivity contribution is -0.745. The first-order valence-electron chi connectivity index (χ1n) is 1.72. The highest BCUT2D eigenvalue weighted by molar-refractivity contribution is 4.65. The molecule has 0 bridgehead atoms. The standard InChI is InChI=1S/C2H4O6/c3-1(4)2(5,6)8-7-1/h3-6H. The Morgan fingerprint density at radius 3 is 1.00 bits per heavy atom. The highest BCUT2D eigenvalue weighted by atomic mass is 17.4. The molecule has 1 fully saturated rings. The first kappa shape index (κ1) is 5.89. The van der Waals surface area contributed by atoms with Gasteiger partial charge in [-0.15, -0.1) is 0 Å². The smallest absolute Gasteiger partial charge is 0.335 e. The molecule has 0 unspecified atom stereocenters. The number of rotatable bonds is 0. The SMILES string of the molecule is OC1(O)OOC1(O)O. The lowest BCUT2D eigenvalue weighted by Crippen LogP contribution is -2.67. The zero-order chi connectivity index (χ0) is 6.41. The molecule has 1 aliphatic rings. The van der Waals surface area contributed by atoms with Crippen molar-refractivity contribution < 1.29 is 30.2 Å².